The lowest BCUT2D eigenvalue weighted by Gasteiger charge is -2.35. The number of imide groups is 1. The largest absolute Gasteiger partial charge is 0.353 e. The molecular formula is C39H42ClN9O5S2. The van der Waals surface area contributed by atoms with Crippen LogP contribution in [0.25, 0.3) is 0 Å². The molecule has 14 nitrogen and oxygen atoms in total. The molecular weight excluding hydrogens is 774 g/mol. The molecule has 3 N–H and O–H groups in total. The zero-order chi connectivity index (χ0) is 39.3. The molecule has 2 aromatic carbocycles. The van der Waals surface area contributed by atoms with Crippen molar-refractivity contribution in [2.45, 2.75) is 69.9 Å². The van der Waals surface area contributed by atoms with Crippen LogP contribution in [0.4, 0.5) is 22.5 Å². The number of nitrogens with zero attached hydrogens (tertiary/aromatic N) is 6. The van der Waals surface area contributed by atoms with Gasteiger partial charge in [-0.05, 0) is 68.2 Å². The Morgan fingerprint density at radius 2 is 1.82 bits per heavy atom. The highest BCUT2D eigenvalue weighted by Crippen LogP contribution is 2.35. The Hall–Kier alpha value is -5.06. The standard InChI is InChI=1S/C39H42ClN9O5S2/c1-23-8-6-10-27(40)35(23)46-37(53)30-21-41-39(56-30)44-31-20-32(43-24(2)42-31)47-15-17-48(18-16-47)34(51)12-4-3-5-19-55-29-11-7-9-25-26(29)22-49(38(25)54)28-13-14-33(50)45-36(28)52/h6-11,20-21,28H,3-5,12-19,22H2,1-2H3,(H,46,53)(H,45,50,52)(H,41,42,43,44). The molecule has 0 bridgehead atoms. The van der Waals surface area contributed by atoms with Crippen molar-refractivity contribution in [1.82, 2.24) is 30.1 Å². The molecule has 4 aromatic rings. The first-order valence-corrected chi connectivity index (χ1v) is 20.8. The summed E-state index contributed by atoms with van der Waals surface area (Å²) >= 11 is 9.19. The van der Waals surface area contributed by atoms with E-state index in [-0.39, 0.29) is 30.0 Å². The molecule has 5 amide bonds. The molecule has 17 heteroatoms. The number of fused-ring (bicyclic) bond motifs is 1. The van der Waals surface area contributed by atoms with E-state index in [9.17, 15) is 24.0 Å². The minimum absolute atomic E-state index is 0.153. The van der Waals surface area contributed by atoms with Crippen molar-refractivity contribution in [1.29, 1.82) is 0 Å². The average Bonchev–Trinajstić information content (AvgIpc) is 3.79. The molecule has 0 saturated carbocycles. The number of anilines is 4. The number of rotatable bonds is 13. The van der Waals surface area contributed by atoms with Gasteiger partial charge in [0.15, 0.2) is 5.13 Å². The molecule has 0 spiro atoms. The third-order valence-electron chi connectivity index (χ3n) is 10.0. The highest BCUT2D eigenvalue weighted by Gasteiger charge is 2.39. The molecule has 1 unspecified atom stereocenters. The van der Waals surface area contributed by atoms with Crippen molar-refractivity contribution in [3.63, 3.8) is 0 Å². The van der Waals surface area contributed by atoms with Crippen LogP contribution < -0.4 is 20.9 Å². The van der Waals surface area contributed by atoms with E-state index in [1.807, 2.05) is 49.1 Å². The van der Waals surface area contributed by atoms with Crippen molar-refractivity contribution in [3.05, 3.63) is 81.1 Å². The van der Waals surface area contributed by atoms with Gasteiger partial charge in [0.2, 0.25) is 17.7 Å². The number of para-hydroxylation sites is 1. The summed E-state index contributed by atoms with van der Waals surface area (Å²) in [6.07, 6.45) is 5.22. The summed E-state index contributed by atoms with van der Waals surface area (Å²) in [5.41, 5.74) is 2.99. The number of aryl methyl sites for hydroxylation is 2. The van der Waals surface area contributed by atoms with Gasteiger partial charge in [-0.3, -0.25) is 29.3 Å². The van der Waals surface area contributed by atoms with Crippen LogP contribution in [0.1, 0.15) is 75.5 Å². The normalized spacial score (nSPS) is 16.9. The first-order valence-electron chi connectivity index (χ1n) is 18.6. The van der Waals surface area contributed by atoms with Gasteiger partial charge in [-0.1, -0.05) is 47.6 Å². The number of unbranched alkanes of at least 4 members (excludes halogenated alkanes) is 2. The van der Waals surface area contributed by atoms with Crippen molar-refractivity contribution >= 4 is 86.7 Å². The Morgan fingerprint density at radius 3 is 2.61 bits per heavy atom. The molecule has 56 heavy (non-hydrogen) atoms. The topological polar surface area (TPSA) is 170 Å². The maximum absolute atomic E-state index is 13.1. The van der Waals surface area contributed by atoms with E-state index in [0.29, 0.717) is 83.5 Å². The van der Waals surface area contributed by atoms with Crippen molar-refractivity contribution < 1.29 is 24.0 Å². The second-order valence-corrected chi connectivity index (χ2v) is 16.5. The molecule has 1 atom stereocenters. The summed E-state index contributed by atoms with van der Waals surface area (Å²) in [7, 11) is 0. The maximum atomic E-state index is 13.1. The van der Waals surface area contributed by atoms with Crippen LogP contribution >= 0.6 is 34.7 Å². The number of carbonyl (C=O) groups excluding carboxylic acids is 5. The lowest BCUT2D eigenvalue weighted by Crippen LogP contribution is -2.52. The average molecular weight is 816 g/mol. The number of piperazine rings is 1. The van der Waals surface area contributed by atoms with Gasteiger partial charge in [-0.25, -0.2) is 15.0 Å². The van der Waals surface area contributed by atoms with Crippen LogP contribution in [-0.2, 0) is 20.9 Å². The van der Waals surface area contributed by atoms with E-state index in [0.717, 1.165) is 46.9 Å². The van der Waals surface area contributed by atoms with Gasteiger partial charge in [0.1, 0.15) is 28.4 Å². The third-order valence-corrected chi connectivity index (χ3v) is 12.5. The number of hydrogen-bond donors (Lipinski definition) is 3. The van der Waals surface area contributed by atoms with Crippen LogP contribution in [0.2, 0.25) is 5.02 Å². The smallest absolute Gasteiger partial charge is 0.267 e. The second-order valence-electron chi connectivity index (χ2n) is 13.9. The SMILES string of the molecule is Cc1nc(Nc2ncc(C(=O)Nc3c(C)cccc3Cl)s2)cc(N2CCN(C(=O)CCCCCSc3cccc4c3CN(C3CCC(=O)NC3=O)C4=O)CC2)n1. The Balaban J connectivity index is 0.832. The number of hydrogen-bond acceptors (Lipinski definition) is 12. The van der Waals surface area contributed by atoms with E-state index >= 15 is 0 Å². The molecule has 3 aliphatic rings. The van der Waals surface area contributed by atoms with Crippen LogP contribution in [0.3, 0.4) is 0 Å². The van der Waals surface area contributed by atoms with Crippen molar-refractivity contribution in [3.8, 4) is 0 Å². The number of benzene rings is 2. The lowest BCUT2D eigenvalue weighted by atomic mass is 10.0. The van der Waals surface area contributed by atoms with Crippen LogP contribution in [0, 0.1) is 13.8 Å². The fourth-order valence-electron chi connectivity index (χ4n) is 7.06. The molecule has 2 fully saturated rings. The quantitative estimate of drug-likeness (QED) is 0.0827. The number of thiazole rings is 1. The van der Waals surface area contributed by atoms with E-state index in [1.54, 1.807) is 28.8 Å². The summed E-state index contributed by atoms with van der Waals surface area (Å²) in [5, 5.41) is 9.42. The summed E-state index contributed by atoms with van der Waals surface area (Å²) in [5.74, 6) is 1.74. The summed E-state index contributed by atoms with van der Waals surface area (Å²) < 4.78 is 0. The number of halogens is 1. The number of amides is 5. The Labute approximate surface area is 337 Å². The van der Waals surface area contributed by atoms with E-state index in [4.69, 9.17) is 11.6 Å². The van der Waals surface area contributed by atoms with Crippen LogP contribution in [-0.4, -0.2) is 92.3 Å². The third kappa shape index (κ3) is 8.98. The number of carbonyl (C=O) groups is 5. The lowest BCUT2D eigenvalue weighted by molar-refractivity contribution is -0.137. The summed E-state index contributed by atoms with van der Waals surface area (Å²) in [6, 6.07) is 12.4. The molecule has 5 heterocycles. The molecule has 7 rings (SSSR count). The van der Waals surface area contributed by atoms with E-state index in [2.05, 4.69) is 35.8 Å². The number of piperidine rings is 1. The first-order chi connectivity index (χ1) is 27.0. The van der Waals surface area contributed by atoms with Gasteiger partial charge in [-0.15, -0.1) is 11.8 Å². The van der Waals surface area contributed by atoms with Crippen LogP contribution in [0.5, 0.6) is 0 Å². The van der Waals surface area contributed by atoms with E-state index in [1.165, 1.54) is 17.5 Å². The minimum atomic E-state index is -0.628. The molecule has 0 radical (unpaired) electrons. The van der Waals surface area contributed by atoms with Crippen LogP contribution in [0.15, 0.2) is 53.6 Å². The molecule has 3 aliphatic heterocycles. The van der Waals surface area contributed by atoms with E-state index < -0.39 is 11.9 Å². The van der Waals surface area contributed by atoms with Crippen molar-refractivity contribution in [2.75, 3.05) is 47.5 Å². The minimum Gasteiger partial charge on any atom is -0.353 e. The Kier molecular flexibility index (Phi) is 12.2. The first kappa shape index (κ1) is 39.2. The predicted octanol–water partition coefficient (Wildman–Crippen LogP) is 5.96. The number of aromatic nitrogens is 3. The summed E-state index contributed by atoms with van der Waals surface area (Å²) in [6.45, 7) is 6.56. The number of thioether (sulfide) groups is 1. The van der Waals surface area contributed by atoms with Gasteiger partial charge >= 0.3 is 0 Å². The molecule has 292 valence electrons. The zero-order valence-corrected chi connectivity index (χ0v) is 33.5. The number of nitrogens with one attached hydrogen (secondary N) is 3. The fourth-order valence-corrected chi connectivity index (χ4v) is 9.14. The fraction of sp³-hybridized carbons (Fsp3) is 0.385. The van der Waals surface area contributed by atoms with Gasteiger partial charge in [0.05, 0.1) is 16.9 Å². The molecule has 0 aliphatic carbocycles. The highest BCUT2D eigenvalue weighted by molar-refractivity contribution is 7.99. The molecule has 2 aromatic heterocycles. The Morgan fingerprint density at radius 1 is 1.02 bits per heavy atom. The predicted molar refractivity (Wildman–Crippen MR) is 217 cm³/mol. The van der Waals surface area contributed by atoms with Gasteiger partial charge < -0.3 is 25.3 Å². The second kappa shape index (κ2) is 17.4. The monoisotopic (exact) mass is 815 g/mol. The maximum Gasteiger partial charge on any atom is 0.267 e. The van der Waals surface area contributed by atoms with Gasteiger partial charge in [0, 0.05) is 62.1 Å². The zero-order valence-electron chi connectivity index (χ0n) is 31.1. The van der Waals surface area contributed by atoms with Gasteiger partial charge in [0.25, 0.3) is 11.8 Å². The highest BCUT2D eigenvalue weighted by atomic mass is 35.5. The molecule has 2 saturated heterocycles. The summed E-state index contributed by atoms with van der Waals surface area (Å²) in [4.78, 5) is 83.8. The van der Waals surface area contributed by atoms with Gasteiger partial charge in [-0.2, -0.15) is 0 Å². The van der Waals surface area contributed by atoms with Crippen molar-refractivity contribution in [2.24, 2.45) is 0 Å². The Bertz CT molecular complexity index is 2150.